The third-order valence-corrected chi connectivity index (χ3v) is 10.3. The van der Waals surface area contributed by atoms with Crippen LogP contribution in [0.3, 0.4) is 0 Å². The number of esters is 2. The molecule has 0 aliphatic carbocycles. The molecule has 0 aromatic carbocycles. The second kappa shape index (κ2) is 36.3. The zero-order valence-corrected chi connectivity index (χ0v) is 34.5. The Morgan fingerprint density at radius 2 is 1.16 bits per heavy atom. The van der Waals surface area contributed by atoms with Gasteiger partial charge in [0.05, 0.1) is 13.2 Å². The molecule has 0 amide bonds. The van der Waals surface area contributed by atoms with Gasteiger partial charge >= 0.3 is 11.9 Å². The summed E-state index contributed by atoms with van der Waals surface area (Å²) in [4.78, 5) is 25.2. The van der Waals surface area contributed by atoms with E-state index in [1.165, 1.54) is 128 Å². The summed E-state index contributed by atoms with van der Waals surface area (Å²) in [6.45, 7) is 4.83. The van der Waals surface area contributed by atoms with Gasteiger partial charge in [0, 0.05) is 12.5 Å². The molecule has 10 nitrogen and oxygen atoms in total. The molecule has 0 radical (unpaired) electrons. The maximum Gasteiger partial charge on any atom is 0.331 e. The van der Waals surface area contributed by atoms with Crippen LogP contribution in [0.5, 0.6) is 0 Å². The first-order valence-electron chi connectivity index (χ1n) is 22.1. The molecule has 0 aromatic heterocycles. The van der Waals surface area contributed by atoms with Crippen molar-refractivity contribution >= 4 is 11.9 Å². The maximum absolute atomic E-state index is 12.6. The third-order valence-electron chi connectivity index (χ3n) is 10.3. The van der Waals surface area contributed by atoms with E-state index >= 15 is 0 Å². The second-order valence-corrected chi connectivity index (χ2v) is 15.3. The highest BCUT2D eigenvalue weighted by molar-refractivity contribution is 5.82. The zero-order valence-electron chi connectivity index (χ0n) is 34.5. The van der Waals surface area contributed by atoms with Crippen LogP contribution in [0.1, 0.15) is 180 Å². The van der Waals surface area contributed by atoms with Gasteiger partial charge in [-0.2, -0.15) is 0 Å². The minimum Gasteiger partial charge on any atom is -0.462 e. The Morgan fingerprint density at radius 3 is 1.69 bits per heavy atom. The van der Waals surface area contributed by atoms with Crippen molar-refractivity contribution in [1.82, 2.24) is 0 Å². The van der Waals surface area contributed by atoms with Crippen molar-refractivity contribution < 1.29 is 49.0 Å². The predicted octanol–water partition coefficient (Wildman–Crippen LogP) is 9.11. The number of carbonyl (C=O) groups excluding carboxylic acids is 2. The molecule has 1 heterocycles. The van der Waals surface area contributed by atoms with Crippen LogP contribution >= 0.6 is 0 Å². The lowest BCUT2D eigenvalue weighted by Crippen LogP contribution is -2.59. The summed E-state index contributed by atoms with van der Waals surface area (Å²) in [5.41, 5.74) is 0. The van der Waals surface area contributed by atoms with E-state index in [-0.39, 0.29) is 19.6 Å². The number of rotatable bonds is 37. The third kappa shape index (κ3) is 28.0. The lowest BCUT2D eigenvalue weighted by molar-refractivity contribution is -0.305. The van der Waals surface area contributed by atoms with Gasteiger partial charge < -0.3 is 39.4 Å². The fourth-order valence-corrected chi connectivity index (χ4v) is 6.72. The minimum absolute atomic E-state index is 0.255. The fourth-order valence-electron chi connectivity index (χ4n) is 6.72. The van der Waals surface area contributed by atoms with Gasteiger partial charge in [-0.05, 0) is 32.1 Å². The first-order valence-corrected chi connectivity index (χ1v) is 22.1. The van der Waals surface area contributed by atoms with Crippen molar-refractivity contribution in [2.45, 2.75) is 217 Å². The van der Waals surface area contributed by atoms with E-state index in [9.17, 15) is 30.0 Å². The lowest BCUT2D eigenvalue weighted by atomic mass is 9.99. The molecule has 1 aliphatic heterocycles. The zero-order chi connectivity index (χ0) is 40.2. The van der Waals surface area contributed by atoms with Crippen LogP contribution in [0.4, 0.5) is 0 Å². The average Bonchev–Trinajstić information content (AvgIpc) is 3.18. The number of ether oxygens (including phenoxy) is 4. The van der Waals surface area contributed by atoms with E-state index in [1.54, 1.807) is 6.08 Å². The summed E-state index contributed by atoms with van der Waals surface area (Å²) in [6.07, 6.45) is 32.4. The van der Waals surface area contributed by atoms with Gasteiger partial charge in [-0.15, -0.1) is 6.58 Å². The van der Waals surface area contributed by atoms with E-state index < -0.39 is 55.4 Å². The fraction of sp³-hybridized carbons (Fsp3) is 0.822. The Morgan fingerprint density at radius 1 is 0.655 bits per heavy atom. The molecule has 10 heteroatoms. The van der Waals surface area contributed by atoms with E-state index in [0.29, 0.717) is 6.42 Å². The normalized spacial score (nSPS) is 20.6. The minimum atomic E-state index is -1.61. The quantitative estimate of drug-likeness (QED) is 0.0158. The summed E-state index contributed by atoms with van der Waals surface area (Å²) >= 11 is 0. The number of aliphatic hydroxyl groups is 4. The molecule has 55 heavy (non-hydrogen) atoms. The van der Waals surface area contributed by atoms with Gasteiger partial charge in [0.1, 0.15) is 31.0 Å². The Hall–Kier alpha value is -2.08. The molecule has 1 aliphatic rings. The average molecular weight is 781 g/mol. The van der Waals surface area contributed by atoms with Crippen molar-refractivity contribution in [3.05, 3.63) is 37.0 Å². The second-order valence-electron chi connectivity index (χ2n) is 15.3. The van der Waals surface area contributed by atoms with Gasteiger partial charge in [-0.3, -0.25) is 4.79 Å². The van der Waals surface area contributed by atoms with Gasteiger partial charge in [-0.25, -0.2) is 4.79 Å². The van der Waals surface area contributed by atoms with Crippen molar-refractivity contribution in [1.29, 1.82) is 0 Å². The molecule has 0 bridgehead atoms. The highest BCUT2D eigenvalue weighted by Gasteiger charge is 2.44. The van der Waals surface area contributed by atoms with Crippen LogP contribution in [0, 0.1) is 0 Å². The molecular formula is C45H80O10. The van der Waals surface area contributed by atoms with Crippen LogP contribution < -0.4 is 0 Å². The summed E-state index contributed by atoms with van der Waals surface area (Å²) in [7, 11) is 0. The van der Waals surface area contributed by atoms with E-state index in [0.717, 1.165) is 38.5 Å². The van der Waals surface area contributed by atoms with Gasteiger partial charge in [0.25, 0.3) is 0 Å². The van der Waals surface area contributed by atoms with Crippen LogP contribution in [-0.4, -0.2) is 89.0 Å². The molecule has 0 spiro atoms. The number of carbonyl (C=O) groups is 2. The number of unbranched alkanes of at least 4 members (excludes halogenated alkanes) is 24. The van der Waals surface area contributed by atoms with E-state index in [4.69, 9.17) is 18.9 Å². The monoisotopic (exact) mass is 781 g/mol. The Labute approximate surface area is 334 Å². The molecule has 1 fully saturated rings. The van der Waals surface area contributed by atoms with Gasteiger partial charge in [-0.1, -0.05) is 166 Å². The summed E-state index contributed by atoms with van der Waals surface area (Å²) in [5.74, 6) is -1.06. The Kier molecular flexibility index (Phi) is 33.6. The van der Waals surface area contributed by atoms with Crippen molar-refractivity contribution in [3.8, 4) is 0 Å². The van der Waals surface area contributed by atoms with Crippen LogP contribution in [-0.2, 0) is 28.5 Å². The van der Waals surface area contributed by atoms with E-state index in [2.05, 4.69) is 13.5 Å². The van der Waals surface area contributed by atoms with Crippen LogP contribution in [0.2, 0.25) is 0 Å². The van der Waals surface area contributed by atoms with E-state index in [1.807, 2.05) is 18.2 Å². The van der Waals surface area contributed by atoms with Gasteiger partial charge in [0.2, 0.25) is 0 Å². The van der Waals surface area contributed by atoms with Crippen molar-refractivity contribution in [3.63, 3.8) is 0 Å². The SMILES string of the molecule is C=CCCCCCCCCCCCCCCCC(=O)OC[C@@H](CO[C@H]1O[C@@H](CO)[C@@H](O)C(O)C1O)OC(=O)/C=C/C=C/CCCCCCCCCCCCC. The van der Waals surface area contributed by atoms with Crippen LogP contribution in [0.25, 0.3) is 0 Å². The topological polar surface area (TPSA) is 152 Å². The van der Waals surface area contributed by atoms with Crippen molar-refractivity contribution in [2.75, 3.05) is 19.8 Å². The highest BCUT2D eigenvalue weighted by atomic mass is 16.7. The number of aliphatic hydroxyl groups excluding tert-OH is 4. The number of hydrogen-bond donors (Lipinski definition) is 4. The molecule has 0 aromatic rings. The highest BCUT2D eigenvalue weighted by Crippen LogP contribution is 2.22. The summed E-state index contributed by atoms with van der Waals surface area (Å²) in [6, 6.07) is 0. The number of hydrogen-bond acceptors (Lipinski definition) is 10. The molecular weight excluding hydrogens is 700 g/mol. The largest absolute Gasteiger partial charge is 0.462 e. The maximum atomic E-state index is 12.6. The standard InChI is InChI=1S/C45H80O10/c1-3-5-7-9-11-13-15-17-19-21-23-25-27-29-31-33-40(47)52-36-38(37-53-45-44(51)43(50)42(49)39(35-46)55-45)54-41(48)34-32-30-28-26-24-22-20-18-16-14-12-10-8-6-4-2/h3,28,30,32,34,38-39,42-46,49-51H,1,4-27,29,31,33,35-37H2,2H3/b30-28+,34-32+/t38-,39-,42+,43?,44?,45-/m0/s1. The molecule has 1 rings (SSSR count). The first kappa shape index (κ1) is 50.9. The lowest BCUT2D eigenvalue weighted by Gasteiger charge is -2.39. The van der Waals surface area contributed by atoms with Gasteiger partial charge in [0.15, 0.2) is 12.4 Å². The molecule has 0 saturated carbocycles. The molecule has 4 N–H and O–H groups in total. The smallest absolute Gasteiger partial charge is 0.331 e. The molecule has 6 atom stereocenters. The number of allylic oxidation sites excluding steroid dienone is 4. The molecule has 1 saturated heterocycles. The first-order chi connectivity index (χ1) is 26.8. The summed E-state index contributed by atoms with van der Waals surface area (Å²) < 4.78 is 21.9. The van der Waals surface area contributed by atoms with Crippen LogP contribution in [0.15, 0.2) is 37.0 Å². The Balaban J connectivity index is 2.38. The molecule has 320 valence electrons. The summed E-state index contributed by atoms with van der Waals surface area (Å²) in [5, 5.41) is 40.0. The Bertz CT molecular complexity index is 983. The predicted molar refractivity (Wildman–Crippen MR) is 219 cm³/mol. The van der Waals surface area contributed by atoms with Crippen molar-refractivity contribution in [2.24, 2.45) is 0 Å². The molecule has 2 unspecified atom stereocenters.